The van der Waals surface area contributed by atoms with Crippen LogP contribution in [-0.4, -0.2) is 13.0 Å². The highest BCUT2D eigenvalue weighted by Crippen LogP contribution is 1.76. The van der Waals surface area contributed by atoms with Crippen molar-refractivity contribution < 1.29 is 4.79 Å². The number of carbonyl (C=O) groups excluding carboxylic acids is 1. The van der Waals surface area contributed by atoms with Crippen molar-refractivity contribution in [2.24, 2.45) is 0 Å². The summed E-state index contributed by atoms with van der Waals surface area (Å²) in [7, 11) is 1.60. The molecule has 0 aromatic carbocycles. The summed E-state index contributed by atoms with van der Waals surface area (Å²) in [5.74, 6) is 0.00463. The molecule has 0 heterocycles. The van der Waals surface area contributed by atoms with Crippen LogP contribution in [0.15, 0.2) is 0 Å². The van der Waals surface area contributed by atoms with E-state index in [0.29, 0.717) is 0 Å². The van der Waals surface area contributed by atoms with Gasteiger partial charge in [0.2, 0.25) is 5.91 Å². The Bertz CT molecular complexity index is 59.9. The number of unbranched alkanes of at least 4 members (excludes halogenated alkanes) is 1. The maximum absolute atomic E-state index is 9.70. The lowest BCUT2D eigenvalue weighted by Crippen LogP contribution is -2.11. The Morgan fingerprint density at radius 1 is 1.33 bits per heavy atom. The third kappa shape index (κ3) is 36.6. The highest BCUT2D eigenvalue weighted by molar-refractivity contribution is 5.72. The highest BCUT2D eigenvalue weighted by atomic mass is 16.1. The summed E-state index contributed by atoms with van der Waals surface area (Å²) < 4.78 is 0. The molecule has 0 saturated heterocycles. The molecule has 0 spiro atoms. The van der Waals surface area contributed by atoms with Crippen molar-refractivity contribution in [3.8, 4) is 0 Å². The van der Waals surface area contributed by atoms with Crippen LogP contribution in [0.1, 0.15) is 33.6 Å². The van der Waals surface area contributed by atoms with Gasteiger partial charge in [0.25, 0.3) is 0 Å². The zero-order chi connectivity index (χ0) is 7.70. The number of amides is 1. The molecule has 0 fully saturated rings. The number of nitrogens with one attached hydrogen (secondary N) is 1. The first-order valence-electron chi connectivity index (χ1n) is 3.37. The topological polar surface area (TPSA) is 29.1 Å². The molecule has 1 N–H and O–H groups in total. The highest BCUT2D eigenvalue weighted by Gasteiger charge is 1.72. The van der Waals surface area contributed by atoms with Gasteiger partial charge in [0.15, 0.2) is 0 Å². The summed E-state index contributed by atoms with van der Waals surface area (Å²) in [6, 6.07) is 0. The van der Waals surface area contributed by atoms with Crippen LogP contribution >= 0.6 is 0 Å². The van der Waals surface area contributed by atoms with Gasteiger partial charge in [-0.3, -0.25) is 4.79 Å². The molecular weight excluding hydrogens is 114 g/mol. The predicted octanol–water partition coefficient (Wildman–Crippen LogP) is 1.56. The minimum absolute atomic E-state index is 0.00463. The fraction of sp³-hybridized carbons (Fsp3) is 0.857. The largest absolute Gasteiger partial charge is 0.359 e. The van der Waals surface area contributed by atoms with Gasteiger partial charge in [-0.15, -0.1) is 0 Å². The molecule has 0 aromatic rings. The molecule has 56 valence electrons. The average molecular weight is 131 g/mol. The number of rotatable bonds is 1. The van der Waals surface area contributed by atoms with Gasteiger partial charge in [-0.1, -0.05) is 26.7 Å². The molecule has 0 radical (unpaired) electrons. The average Bonchev–Trinajstić information content (AvgIpc) is 1.89. The normalized spacial score (nSPS) is 7.11. The Hall–Kier alpha value is -0.530. The summed E-state index contributed by atoms with van der Waals surface area (Å²) in [6.45, 7) is 5.83. The van der Waals surface area contributed by atoms with E-state index in [0.717, 1.165) is 0 Å². The van der Waals surface area contributed by atoms with Crippen LogP contribution in [0.4, 0.5) is 0 Å². The summed E-state index contributed by atoms with van der Waals surface area (Å²) >= 11 is 0. The molecule has 0 aliphatic heterocycles. The van der Waals surface area contributed by atoms with Gasteiger partial charge in [-0.2, -0.15) is 0 Å². The molecule has 0 aromatic heterocycles. The molecule has 0 bridgehead atoms. The van der Waals surface area contributed by atoms with E-state index >= 15 is 0 Å². The summed E-state index contributed by atoms with van der Waals surface area (Å²) in [5.41, 5.74) is 0. The van der Waals surface area contributed by atoms with Crippen molar-refractivity contribution in [2.45, 2.75) is 33.6 Å². The predicted molar refractivity (Wildman–Crippen MR) is 40.3 cm³/mol. The van der Waals surface area contributed by atoms with Crippen molar-refractivity contribution in [1.82, 2.24) is 5.32 Å². The maximum Gasteiger partial charge on any atom is 0.216 e. The van der Waals surface area contributed by atoms with Crippen molar-refractivity contribution in [3.05, 3.63) is 0 Å². The van der Waals surface area contributed by atoms with Crippen molar-refractivity contribution in [2.75, 3.05) is 7.05 Å². The first kappa shape index (κ1) is 11.3. The molecule has 2 nitrogen and oxygen atoms in total. The zero-order valence-corrected chi connectivity index (χ0v) is 6.82. The molecule has 1 amide bonds. The van der Waals surface area contributed by atoms with E-state index in [1.54, 1.807) is 7.05 Å². The van der Waals surface area contributed by atoms with Crippen LogP contribution < -0.4 is 5.32 Å². The van der Waals surface area contributed by atoms with Crippen LogP contribution in [-0.2, 0) is 4.79 Å². The van der Waals surface area contributed by atoms with Gasteiger partial charge in [-0.05, 0) is 0 Å². The lowest BCUT2D eigenvalue weighted by molar-refractivity contribution is -0.118. The van der Waals surface area contributed by atoms with Crippen LogP contribution in [0, 0.1) is 0 Å². The second kappa shape index (κ2) is 10.5. The molecule has 0 aliphatic carbocycles. The van der Waals surface area contributed by atoms with E-state index < -0.39 is 0 Å². The summed E-state index contributed by atoms with van der Waals surface area (Å²) in [5, 5.41) is 2.39. The van der Waals surface area contributed by atoms with Crippen molar-refractivity contribution in [1.29, 1.82) is 0 Å². The summed E-state index contributed by atoms with van der Waals surface area (Å²) in [4.78, 5) is 9.70. The fourth-order valence-corrected chi connectivity index (χ4v) is 0. The quantitative estimate of drug-likeness (QED) is 0.575. The Morgan fingerprint density at radius 3 is 1.56 bits per heavy atom. The van der Waals surface area contributed by atoms with E-state index in [1.807, 2.05) is 0 Å². The van der Waals surface area contributed by atoms with E-state index in [-0.39, 0.29) is 5.91 Å². The standard InChI is InChI=1S/C4H10.C3H7NO/c1-3-4-2;1-3(5)4-2/h3-4H2,1-2H3;1-2H3,(H,4,5). The van der Waals surface area contributed by atoms with E-state index in [9.17, 15) is 4.79 Å². The van der Waals surface area contributed by atoms with Gasteiger partial charge in [-0.25, -0.2) is 0 Å². The first-order valence-corrected chi connectivity index (χ1v) is 3.37. The molecular formula is C7H17NO. The van der Waals surface area contributed by atoms with Gasteiger partial charge >= 0.3 is 0 Å². The Balaban J connectivity index is 0. The molecule has 0 rings (SSSR count). The molecule has 0 aliphatic rings. The van der Waals surface area contributed by atoms with Gasteiger partial charge in [0.1, 0.15) is 0 Å². The van der Waals surface area contributed by atoms with Crippen LogP contribution in [0.25, 0.3) is 0 Å². The van der Waals surface area contributed by atoms with Crippen LogP contribution in [0.5, 0.6) is 0 Å². The van der Waals surface area contributed by atoms with Gasteiger partial charge < -0.3 is 5.32 Å². The first-order chi connectivity index (χ1) is 4.18. The monoisotopic (exact) mass is 131 g/mol. The number of hydrogen-bond acceptors (Lipinski definition) is 1. The molecule has 0 atom stereocenters. The van der Waals surface area contributed by atoms with Crippen molar-refractivity contribution >= 4 is 5.91 Å². The lowest BCUT2D eigenvalue weighted by atomic mass is 10.4. The lowest BCUT2D eigenvalue weighted by Gasteiger charge is -1.80. The SMILES string of the molecule is CCCC.CNC(C)=O. The van der Waals surface area contributed by atoms with Crippen LogP contribution in [0.3, 0.4) is 0 Å². The van der Waals surface area contributed by atoms with Gasteiger partial charge in [0, 0.05) is 14.0 Å². The second-order valence-electron chi connectivity index (χ2n) is 1.81. The maximum atomic E-state index is 9.70. The molecule has 0 unspecified atom stereocenters. The minimum Gasteiger partial charge on any atom is -0.359 e. The Labute approximate surface area is 57.6 Å². The number of carbonyl (C=O) groups is 1. The van der Waals surface area contributed by atoms with Crippen molar-refractivity contribution in [3.63, 3.8) is 0 Å². The van der Waals surface area contributed by atoms with Crippen LogP contribution in [0.2, 0.25) is 0 Å². The van der Waals surface area contributed by atoms with E-state index in [4.69, 9.17) is 0 Å². The molecule has 0 saturated carbocycles. The van der Waals surface area contributed by atoms with E-state index in [1.165, 1.54) is 19.8 Å². The van der Waals surface area contributed by atoms with Gasteiger partial charge in [0.05, 0.1) is 0 Å². The van der Waals surface area contributed by atoms with E-state index in [2.05, 4.69) is 19.2 Å². The Morgan fingerprint density at radius 2 is 1.56 bits per heavy atom. The molecule has 2 heteroatoms. The smallest absolute Gasteiger partial charge is 0.216 e. The fourth-order valence-electron chi connectivity index (χ4n) is 0. The second-order valence-corrected chi connectivity index (χ2v) is 1.81. The zero-order valence-electron chi connectivity index (χ0n) is 6.82. The molecule has 9 heavy (non-hydrogen) atoms. The third-order valence-corrected chi connectivity index (χ3v) is 0.852. The minimum atomic E-state index is 0.00463. The number of hydrogen-bond donors (Lipinski definition) is 1. The Kier molecular flexibility index (Phi) is 13.1. The summed E-state index contributed by atoms with van der Waals surface area (Å²) in [6.07, 6.45) is 2.64. The third-order valence-electron chi connectivity index (χ3n) is 0.852.